The van der Waals surface area contributed by atoms with Crippen LogP contribution >= 0.6 is 0 Å². The third kappa shape index (κ3) is 9.74. The monoisotopic (exact) mass is 384 g/mol. The maximum atomic E-state index is 5.89. The minimum absolute atomic E-state index is 0.185. The van der Waals surface area contributed by atoms with Crippen LogP contribution in [0.15, 0.2) is 4.99 Å². The molecule has 0 aromatic carbocycles. The number of hydrogen-bond acceptors (Lipinski definition) is 5. The number of ether oxygens (including phenoxy) is 3. The zero-order chi connectivity index (χ0) is 19.3. The lowest BCUT2D eigenvalue weighted by Crippen LogP contribution is -2.46. The molecule has 7 nitrogen and oxygen atoms in total. The molecule has 0 aliphatic carbocycles. The Bertz CT molecular complexity index is 414. The van der Waals surface area contributed by atoms with E-state index in [-0.39, 0.29) is 6.10 Å². The third-order valence-electron chi connectivity index (χ3n) is 4.78. The van der Waals surface area contributed by atoms with E-state index in [9.17, 15) is 0 Å². The van der Waals surface area contributed by atoms with Crippen LogP contribution in [-0.4, -0.2) is 89.3 Å². The number of aliphatic imine (C=N–C) groups is 1. The number of nitrogens with one attached hydrogen (secondary N) is 2. The Balaban J connectivity index is 1.61. The largest absolute Gasteiger partial charge is 0.381 e. The van der Waals surface area contributed by atoms with Crippen LogP contribution in [0.2, 0.25) is 0 Å². The van der Waals surface area contributed by atoms with Crippen molar-refractivity contribution in [1.82, 2.24) is 15.5 Å². The molecule has 0 aromatic heterocycles. The van der Waals surface area contributed by atoms with Gasteiger partial charge in [0, 0.05) is 51.9 Å². The summed E-state index contributed by atoms with van der Waals surface area (Å²) >= 11 is 0. The summed E-state index contributed by atoms with van der Waals surface area (Å²) in [5, 5.41) is 6.71. The van der Waals surface area contributed by atoms with Crippen LogP contribution in [0.5, 0.6) is 0 Å². The van der Waals surface area contributed by atoms with Crippen molar-refractivity contribution in [2.75, 3.05) is 72.3 Å². The molecule has 2 unspecified atom stereocenters. The van der Waals surface area contributed by atoms with Gasteiger partial charge in [0.05, 0.1) is 32.5 Å². The van der Waals surface area contributed by atoms with Gasteiger partial charge < -0.3 is 24.8 Å². The summed E-state index contributed by atoms with van der Waals surface area (Å²) in [5.41, 5.74) is 0. The third-order valence-corrected chi connectivity index (χ3v) is 4.78. The fourth-order valence-corrected chi connectivity index (χ4v) is 3.45. The fraction of sp³-hybridized carbons (Fsp3) is 0.950. The van der Waals surface area contributed by atoms with Crippen molar-refractivity contribution < 1.29 is 14.2 Å². The highest BCUT2D eigenvalue weighted by Gasteiger charge is 2.20. The van der Waals surface area contributed by atoms with E-state index >= 15 is 0 Å². The molecule has 2 aliphatic heterocycles. The summed E-state index contributed by atoms with van der Waals surface area (Å²) in [6.45, 7) is 16.3. The maximum absolute atomic E-state index is 5.89. The van der Waals surface area contributed by atoms with Gasteiger partial charge in [-0.2, -0.15) is 0 Å². The quantitative estimate of drug-likeness (QED) is 0.318. The average molecular weight is 385 g/mol. The van der Waals surface area contributed by atoms with E-state index in [2.05, 4.69) is 36.3 Å². The van der Waals surface area contributed by atoms with Crippen LogP contribution in [0.1, 0.15) is 33.6 Å². The number of hydrogen-bond donors (Lipinski definition) is 2. The topological polar surface area (TPSA) is 67.4 Å². The molecule has 2 rings (SSSR count). The highest BCUT2D eigenvalue weighted by Crippen LogP contribution is 2.12. The van der Waals surface area contributed by atoms with Crippen LogP contribution < -0.4 is 10.6 Å². The highest BCUT2D eigenvalue weighted by atomic mass is 16.5. The first-order valence-corrected chi connectivity index (χ1v) is 10.7. The van der Waals surface area contributed by atoms with E-state index in [0.29, 0.717) is 18.4 Å². The lowest BCUT2D eigenvalue weighted by molar-refractivity contribution is -0.0261. The Morgan fingerprint density at radius 3 is 2.93 bits per heavy atom. The molecular formula is C20H40N4O3. The van der Waals surface area contributed by atoms with E-state index in [4.69, 9.17) is 19.2 Å². The molecule has 0 amide bonds. The molecule has 0 spiro atoms. The predicted octanol–water partition coefficient (Wildman–Crippen LogP) is 1.34. The molecular weight excluding hydrogens is 344 g/mol. The van der Waals surface area contributed by atoms with Crippen molar-refractivity contribution in [1.29, 1.82) is 0 Å². The first-order chi connectivity index (χ1) is 13.2. The molecule has 0 aromatic rings. The van der Waals surface area contributed by atoms with E-state index in [1.165, 1.54) is 0 Å². The molecule has 2 heterocycles. The van der Waals surface area contributed by atoms with Crippen molar-refractivity contribution in [3.63, 3.8) is 0 Å². The smallest absolute Gasteiger partial charge is 0.191 e. The number of nitrogens with zero attached hydrogens (tertiary/aromatic N) is 2. The van der Waals surface area contributed by atoms with Crippen LogP contribution in [0.25, 0.3) is 0 Å². The summed E-state index contributed by atoms with van der Waals surface area (Å²) in [4.78, 5) is 7.20. The number of guanidine groups is 1. The van der Waals surface area contributed by atoms with Gasteiger partial charge in [-0.1, -0.05) is 13.8 Å². The molecule has 0 saturated carbocycles. The molecule has 158 valence electrons. The van der Waals surface area contributed by atoms with Crippen molar-refractivity contribution in [3.05, 3.63) is 0 Å². The van der Waals surface area contributed by atoms with Gasteiger partial charge in [-0.15, -0.1) is 0 Å². The minimum Gasteiger partial charge on any atom is -0.381 e. The molecule has 2 aliphatic rings. The predicted molar refractivity (Wildman–Crippen MR) is 109 cm³/mol. The number of morpholine rings is 1. The second kappa shape index (κ2) is 13.3. The fourth-order valence-electron chi connectivity index (χ4n) is 3.45. The Hall–Kier alpha value is -0.890. The van der Waals surface area contributed by atoms with E-state index < -0.39 is 0 Å². The summed E-state index contributed by atoms with van der Waals surface area (Å²) in [6.07, 6.45) is 2.29. The first kappa shape index (κ1) is 22.4. The van der Waals surface area contributed by atoms with Crippen LogP contribution in [0.4, 0.5) is 0 Å². The van der Waals surface area contributed by atoms with Gasteiger partial charge >= 0.3 is 0 Å². The van der Waals surface area contributed by atoms with Crippen molar-refractivity contribution in [2.24, 2.45) is 16.8 Å². The SMILES string of the molecule is CCNC(=NCC1CN(CC(C)C)CCO1)NCCCOCC1CCOC1. The Kier molecular flexibility index (Phi) is 11.0. The van der Waals surface area contributed by atoms with Gasteiger partial charge in [-0.3, -0.25) is 9.89 Å². The van der Waals surface area contributed by atoms with Crippen molar-refractivity contribution in [3.8, 4) is 0 Å². The van der Waals surface area contributed by atoms with E-state index in [1.807, 2.05) is 0 Å². The maximum Gasteiger partial charge on any atom is 0.191 e. The lowest BCUT2D eigenvalue weighted by Gasteiger charge is -2.33. The van der Waals surface area contributed by atoms with E-state index in [1.54, 1.807) is 0 Å². The van der Waals surface area contributed by atoms with Gasteiger partial charge in [-0.25, -0.2) is 0 Å². The Morgan fingerprint density at radius 2 is 2.19 bits per heavy atom. The second-order valence-corrected chi connectivity index (χ2v) is 7.95. The van der Waals surface area contributed by atoms with Gasteiger partial charge in [-0.05, 0) is 25.7 Å². The highest BCUT2D eigenvalue weighted by molar-refractivity contribution is 5.79. The van der Waals surface area contributed by atoms with Crippen LogP contribution in [-0.2, 0) is 14.2 Å². The zero-order valence-electron chi connectivity index (χ0n) is 17.5. The Labute approximate surface area is 165 Å². The summed E-state index contributed by atoms with van der Waals surface area (Å²) in [6, 6.07) is 0. The lowest BCUT2D eigenvalue weighted by atomic mass is 10.1. The van der Waals surface area contributed by atoms with E-state index in [0.717, 1.165) is 84.6 Å². The van der Waals surface area contributed by atoms with Gasteiger partial charge in [0.25, 0.3) is 0 Å². The summed E-state index contributed by atoms with van der Waals surface area (Å²) < 4.78 is 17.0. The molecule has 2 atom stereocenters. The second-order valence-electron chi connectivity index (χ2n) is 7.95. The molecule has 2 saturated heterocycles. The molecule has 27 heavy (non-hydrogen) atoms. The van der Waals surface area contributed by atoms with Gasteiger partial charge in [0.15, 0.2) is 5.96 Å². The van der Waals surface area contributed by atoms with Gasteiger partial charge in [0.1, 0.15) is 0 Å². The summed E-state index contributed by atoms with van der Waals surface area (Å²) in [7, 11) is 0. The average Bonchev–Trinajstić information content (AvgIpc) is 3.15. The van der Waals surface area contributed by atoms with Crippen LogP contribution in [0, 0.1) is 11.8 Å². The Morgan fingerprint density at radius 1 is 1.30 bits per heavy atom. The normalized spacial score (nSPS) is 24.5. The summed E-state index contributed by atoms with van der Waals surface area (Å²) in [5.74, 6) is 2.14. The first-order valence-electron chi connectivity index (χ1n) is 10.7. The molecule has 0 radical (unpaired) electrons. The molecule has 2 N–H and O–H groups in total. The van der Waals surface area contributed by atoms with Crippen LogP contribution in [0.3, 0.4) is 0 Å². The van der Waals surface area contributed by atoms with Crippen molar-refractivity contribution >= 4 is 5.96 Å². The standard InChI is InChI=1S/C20H40N4O3/c1-4-21-20(22-7-5-9-25-15-18-6-10-26-16-18)23-12-19-14-24(8-11-27-19)13-17(2)3/h17-19H,4-16H2,1-3H3,(H2,21,22,23). The molecule has 2 fully saturated rings. The van der Waals surface area contributed by atoms with Crippen molar-refractivity contribution in [2.45, 2.75) is 39.7 Å². The molecule has 7 heteroatoms. The number of rotatable bonds is 11. The zero-order valence-corrected chi connectivity index (χ0v) is 17.5. The minimum atomic E-state index is 0.185. The van der Waals surface area contributed by atoms with Gasteiger partial charge in [0.2, 0.25) is 0 Å². The molecule has 0 bridgehead atoms.